The fourth-order valence-corrected chi connectivity index (χ4v) is 6.07. The fourth-order valence-electron chi connectivity index (χ4n) is 6.07. The SMILES string of the molecule is CC1=NO[C@@]2(CC[C@H](C)N3C[C@H]2n2cc(C(=O)NCc4ccc(F)cc4F)c(=O)c(OCc4ccccc4)c2C3=O)C1. The number of carbonyl (C=O) groups is 2. The summed E-state index contributed by atoms with van der Waals surface area (Å²) in [5.41, 5.74) is -0.119. The molecule has 1 aromatic heterocycles. The van der Waals surface area contributed by atoms with E-state index >= 15 is 0 Å². The molecule has 3 aliphatic rings. The fraction of sp³-hybridized carbons (Fsp3) is 0.355. The molecule has 11 heteroatoms. The van der Waals surface area contributed by atoms with Gasteiger partial charge in [0, 0.05) is 43.4 Å². The minimum atomic E-state index is -0.821. The summed E-state index contributed by atoms with van der Waals surface area (Å²) in [7, 11) is 0. The van der Waals surface area contributed by atoms with Crippen molar-refractivity contribution in [2.45, 2.75) is 63.9 Å². The van der Waals surface area contributed by atoms with Crippen LogP contribution in [0.3, 0.4) is 0 Å². The van der Waals surface area contributed by atoms with Crippen LogP contribution >= 0.6 is 0 Å². The van der Waals surface area contributed by atoms with E-state index in [0.717, 1.165) is 23.4 Å². The smallest absolute Gasteiger partial charge is 0.274 e. The van der Waals surface area contributed by atoms with Gasteiger partial charge >= 0.3 is 0 Å². The van der Waals surface area contributed by atoms with Gasteiger partial charge in [-0.2, -0.15) is 0 Å². The molecule has 0 aliphatic carbocycles. The summed E-state index contributed by atoms with van der Waals surface area (Å²) in [5.74, 6) is -2.95. The van der Waals surface area contributed by atoms with Crippen LogP contribution in [0.1, 0.15) is 71.1 Å². The number of oxime groups is 1. The molecule has 42 heavy (non-hydrogen) atoms. The van der Waals surface area contributed by atoms with E-state index in [4.69, 9.17) is 9.57 Å². The van der Waals surface area contributed by atoms with Crippen LogP contribution in [-0.2, 0) is 18.0 Å². The van der Waals surface area contributed by atoms with E-state index in [1.807, 2.05) is 44.2 Å². The molecular weight excluding hydrogens is 546 g/mol. The largest absolute Gasteiger partial charge is 0.483 e. The van der Waals surface area contributed by atoms with Gasteiger partial charge in [0.25, 0.3) is 11.8 Å². The average Bonchev–Trinajstić information content (AvgIpc) is 3.31. The molecule has 6 rings (SSSR count). The molecule has 9 nitrogen and oxygen atoms in total. The molecule has 3 aromatic rings. The van der Waals surface area contributed by atoms with Crippen molar-refractivity contribution >= 4 is 17.5 Å². The number of aromatic nitrogens is 1. The first-order valence-electron chi connectivity index (χ1n) is 13.9. The minimum Gasteiger partial charge on any atom is -0.483 e. The molecule has 0 radical (unpaired) electrons. The first-order valence-corrected chi connectivity index (χ1v) is 13.9. The Kier molecular flexibility index (Phi) is 7.04. The second-order valence-electron chi connectivity index (χ2n) is 11.2. The summed E-state index contributed by atoms with van der Waals surface area (Å²) in [5, 5.41) is 6.79. The van der Waals surface area contributed by atoms with Gasteiger partial charge in [0.2, 0.25) is 5.43 Å². The van der Waals surface area contributed by atoms with Gasteiger partial charge in [-0.25, -0.2) is 8.78 Å². The lowest BCUT2D eigenvalue weighted by atomic mass is 9.84. The third kappa shape index (κ3) is 4.82. The highest BCUT2D eigenvalue weighted by Crippen LogP contribution is 2.46. The first kappa shape index (κ1) is 27.6. The van der Waals surface area contributed by atoms with Crippen molar-refractivity contribution in [3.8, 4) is 5.75 Å². The number of nitrogens with zero attached hydrogens (tertiary/aromatic N) is 3. The minimum absolute atomic E-state index is 0.00763. The van der Waals surface area contributed by atoms with E-state index in [-0.39, 0.29) is 47.7 Å². The number of fused-ring (bicyclic) bond motifs is 5. The molecule has 0 unspecified atom stereocenters. The number of pyridine rings is 1. The summed E-state index contributed by atoms with van der Waals surface area (Å²) in [4.78, 5) is 49.1. The van der Waals surface area contributed by atoms with E-state index in [0.29, 0.717) is 25.8 Å². The molecule has 218 valence electrons. The Labute approximate surface area is 240 Å². The van der Waals surface area contributed by atoms with E-state index in [2.05, 4.69) is 10.5 Å². The van der Waals surface area contributed by atoms with Gasteiger partial charge in [-0.15, -0.1) is 0 Å². The Morgan fingerprint density at radius 2 is 1.98 bits per heavy atom. The van der Waals surface area contributed by atoms with Crippen molar-refractivity contribution in [2.75, 3.05) is 6.54 Å². The van der Waals surface area contributed by atoms with Crippen LogP contribution in [0.15, 0.2) is 64.7 Å². The lowest BCUT2D eigenvalue weighted by Crippen LogP contribution is -2.52. The van der Waals surface area contributed by atoms with Gasteiger partial charge in [0.15, 0.2) is 17.0 Å². The van der Waals surface area contributed by atoms with Crippen molar-refractivity contribution in [3.63, 3.8) is 0 Å². The molecule has 1 spiro atoms. The molecule has 2 amide bonds. The molecule has 2 bridgehead atoms. The van der Waals surface area contributed by atoms with E-state index in [1.54, 1.807) is 9.47 Å². The monoisotopic (exact) mass is 576 g/mol. The predicted octanol–water partition coefficient (Wildman–Crippen LogP) is 4.35. The van der Waals surface area contributed by atoms with Gasteiger partial charge in [-0.3, -0.25) is 14.4 Å². The molecule has 4 heterocycles. The van der Waals surface area contributed by atoms with Crippen LogP contribution in [0.4, 0.5) is 8.78 Å². The highest BCUT2D eigenvalue weighted by Gasteiger charge is 2.53. The van der Waals surface area contributed by atoms with Crippen LogP contribution in [0.5, 0.6) is 5.75 Å². The zero-order valence-electron chi connectivity index (χ0n) is 23.2. The maximum Gasteiger partial charge on any atom is 0.274 e. The Morgan fingerprint density at radius 3 is 2.69 bits per heavy atom. The van der Waals surface area contributed by atoms with Crippen molar-refractivity contribution in [1.82, 2.24) is 14.8 Å². The molecule has 0 saturated carbocycles. The van der Waals surface area contributed by atoms with Gasteiger partial charge in [0.1, 0.15) is 23.8 Å². The third-order valence-electron chi connectivity index (χ3n) is 8.35. The van der Waals surface area contributed by atoms with Crippen LogP contribution in [-0.4, -0.2) is 45.2 Å². The van der Waals surface area contributed by atoms with Crippen LogP contribution < -0.4 is 15.5 Å². The number of benzene rings is 2. The lowest BCUT2D eigenvalue weighted by molar-refractivity contribution is -0.0656. The maximum atomic E-state index is 14.2. The maximum absolute atomic E-state index is 14.2. The molecular formula is C31H30F2N4O5. The zero-order valence-corrected chi connectivity index (χ0v) is 23.2. The van der Waals surface area contributed by atoms with Crippen molar-refractivity contribution in [1.29, 1.82) is 0 Å². The van der Waals surface area contributed by atoms with Gasteiger partial charge in [-0.1, -0.05) is 41.6 Å². The lowest BCUT2D eigenvalue weighted by Gasteiger charge is -2.42. The number of hydrogen-bond acceptors (Lipinski definition) is 6. The molecule has 1 fully saturated rings. The Hall–Kier alpha value is -4.54. The summed E-state index contributed by atoms with van der Waals surface area (Å²) in [6, 6.07) is 11.6. The number of amides is 2. The van der Waals surface area contributed by atoms with E-state index in [1.165, 1.54) is 12.3 Å². The van der Waals surface area contributed by atoms with Crippen LogP contribution in [0.25, 0.3) is 0 Å². The van der Waals surface area contributed by atoms with Gasteiger partial charge < -0.3 is 24.4 Å². The number of carbonyl (C=O) groups excluding carboxylic acids is 2. The number of hydrogen-bond donors (Lipinski definition) is 1. The Balaban J connectivity index is 1.45. The molecule has 3 atom stereocenters. The van der Waals surface area contributed by atoms with Crippen LogP contribution in [0.2, 0.25) is 0 Å². The zero-order chi connectivity index (χ0) is 29.6. The highest BCUT2D eigenvalue weighted by atomic mass is 19.1. The normalized spacial score (nSPS) is 22.7. The van der Waals surface area contributed by atoms with Crippen molar-refractivity contribution in [3.05, 3.63) is 99.0 Å². The molecule has 2 aromatic carbocycles. The van der Waals surface area contributed by atoms with Crippen LogP contribution in [0, 0.1) is 11.6 Å². The Bertz CT molecular complexity index is 1660. The third-order valence-corrected chi connectivity index (χ3v) is 8.35. The summed E-state index contributed by atoms with van der Waals surface area (Å²) in [6.07, 6.45) is 3.18. The molecule has 1 saturated heterocycles. The standard InChI is InChI=1S/C31H30F2N4O5/c1-18-13-31(42-35-18)11-10-19(2)36-16-25(31)37-15-23(29(39)34-14-21-8-9-22(32)12-24(21)33)27(38)28(26(37)30(36)40)41-17-20-6-4-3-5-7-20/h3-9,12,15,19,25H,10-11,13-14,16-17H2,1-2H3,(H,34,39)/t19-,25+,31-/m0/s1. The van der Waals surface area contributed by atoms with Gasteiger partial charge in [0.05, 0.1) is 11.8 Å². The number of nitrogens with one attached hydrogen (secondary N) is 1. The van der Waals surface area contributed by atoms with E-state index in [9.17, 15) is 23.2 Å². The number of ether oxygens (including phenoxy) is 1. The number of halogens is 2. The number of rotatable bonds is 6. The molecule has 1 N–H and O–H groups in total. The topological polar surface area (TPSA) is 102 Å². The average molecular weight is 577 g/mol. The van der Waals surface area contributed by atoms with E-state index < -0.39 is 34.6 Å². The van der Waals surface area contributed by atoms with Gasteiger partial charge in [-0.05, 0) is 38.3 Å². The second-order valence-corrected chi connectivity index (χ2v) is 11.2. The summed E-state index contributed by atoms with van der Waals surface area (Å²) in [6.45, 7) is 3.86. The second kappa shape index (κ2) is 10.7. The summed E-state index contributed by atoms with van der Waals surface area (Å²) < 4.78 is 35.3. The van der Waals surface area contributed by atoms with Crippen molar-refractivity contribution in [2.24, 2.45) is 5.16 Å². The predicted molar refractivity (Wildman–Crippen MR) is 149 cm³/mol. The first-order chi connectivity index (χ1) is 20.2. The van der Waals surface area contributed by atoms with Crippen molar-refractivity contribution < 1.29 is 27.9 Å². The molecule has 3 aliphatic heterocycles. The highest BCUT2D eigenvalue weighted by molar-refractivity contribution is 5.99. The summed E-state index contributed by atoms with van der Waals surface area (Å²) >= 11 is 0. The Morgan fingerprint density at radius 1 is 1.19 bits per heavy atom. The quantitative estimate of drug-likeness (QED) is 0.470.